The number of nitrogens with one attached hydrogen (secondary N) is 2. The second-order valence-corrected chi connectivity index (χ2v) is 12.4. The summed E-state index contributed by atoms with van der Waals surface area (Å²) in [4.78, 5) is 34.6. The molecule has 5 N–H and O–H groups in total. The number of quaternary nitrogens is 1. The highest BCUT2D eigenvalue weighted by atomic mass is 31.1. The summed E-state index contributed by atoms with van der Waals surface area (Å²) in [7, 11) is 0.292. The highest BCUT2D eigenvalue weighted by molar-refractivity contribution is 7.57. The van der Waals surface area contributed by atoms with E-state index in [2.05, 4.69) is 12.2 Å². The minimum atomic E-state index is -0.781. The number of piperidine rings is 1. The molecule has 2 aliphatic rings. The van der Waals surface area contributed by atoms with Crippen LogP contribution in [0.5, 0.6) is 0 Å². The first-order chi connectivity index (χ1) is 18.8. The van der Waals surface area contributed by atoms with Crippen molar-refractivity contribution in [3.63, 3.8) is 0 Å². The average molecular weight is 559 g/mol. The van der Waals surface area contributed by atoms with Gasteiger partial charge in [0.05, 0.1) is 19.0 Å². The van der Waals surface area contributed by atoms with Gasteiger partial charge >= 0.3 is 5.97 Å². The molecule has 0 aliphatic carbocycles. The van der Waals surface area contributed by atoms with Gasteiger partial charge in [-0.15, -0.1) is 0 Å². The van der Waals surface area contributed by atoms with Crippen LogP contribution in [0.15, 0.2) is 60.7 Å². The van der Waals surface area contributed by atoms with Crippen molar-refractivity contribution in [1.29, 1.82) is 0 Å². The Kier molecular flexibility index (Phi) is 17.9. The molecule has 2 aromatic rings. The first-order valence-electron chi connectivity index (χ1n) is 14.2. The Morgan fingerprint density at radius 3 is 1.92 bits per heavy atom. The molecule has 39 heavy (non-hydrogen) atoms. The number of carboxylic acid groups (broad SMARTS) is 1. The smallest absolute Gasteiger partial charge is 0.310 e. The zero-order valence-corrected chi connectivity index (χ0v) is 25.1. The topological polar surface area (TPSA) is 114 Å². The first kappa shape index (κ1) is 34.4. The van der Waals surface area contributed by atoms with Crippen LogP contribution in [0.1, 0.15) is 62.4 Å². The van der Waals surface area contributed by atoms with Crippen LogP contribution >= 0.6 is 7.92 Å². The number of ketones is 1. The summed E-state index contributed by atoms with van der Waals surface area (Å²) in [5.74, 6) is -0.904. The van der Waals surface area contributed by atoms with E-state index < -0.39 is 11.9 Å². The van der Waals surface area contributed by atoms with Crippen LogP contribution in [0.4, 0.5) is 0 Å². The number of carboxylic acids is 1. The van der Waals surface area contributed by atoms with E-state index >= 15 is 0 Å². The molecule has 0 radical (unpaired) electrons. The predicted molar refractivity (Wildman–Crippen MR) is 162 cm³/mol. The normalized spacial score (nSPS) is 19.4. The number of hydrogen-bond donors (Lipinski definition) is 4. The molecule has 8 heteroatoms. The minimum Gasteiger partial charge on any atom is -0.481 e. The van der Waals surface area contributed by atoms with Crippen LogP contribution in [0.2, 0.25) is 0 Å². The van der Waals surface area contributed by atoms with E-state index in [4.69, 9.17) is 10.8 Å². The number of aliphatic carboxylic acids is 1. The molecule has 2 aromatic carbocycles. The Morgan fingerprint density at radius 1 is 0.974 bits per heavy atom. The van der Waals surface area contributed by atoms with Gasteiger partial charge in [-0.3, -0.25) is 14.4 Å². The molecule has 2 heterocycles. The fraction of sp³-hybridized carbons (Fsp3) is 0.516. The fourth-order valence-electron chi connectivity index (χ4n) is 4.31. The maximum Gasteiger partial charge on any atom is 0.310 e. The lowest BCUT2D eigenvalue weighted by molar-refractivity contribution is -0.887. The van der Waals surface area contributed by atoms with Crippen molar-refractivity contribution in [3.05, 3.63) is 71.8 Å². The second kappa shape index (κ2) is 20.3. The van der Waals surface area contributed by atoms with E-state index in [1.54, 1.807) is 6.92 Å². The zero-order chi connectivity index (χ0) is 29.0. The number of Topliss-reactive ketones (excluding diaryl/α,β-unsaturated/α-hetero) is 1. The molecular formula is C31H49N3O4P+. The van der Waals surface area contributed by atoms with Crippen LogP contribution in [0, 0.1) is 5.92 Å². The summed E-state index contributed by atoms with van der Waals surface area (Å²) in [5, 5.41) is 11.8. The molecule has 0 saturated carbocycles. The number of rotatable bonds is 7. The number of amides is 1. The van der Waals surface area contributed by atoms with Gasteiger partial charge in [0.2, 0.25) is 11.7 Å². The van der Waals surface area contributed by atoms with Gasteiger partial charge in [0, 0.05) is 23.8 Å². The summed E-state index contributed by atoms with van der Waals surface area (Å²) in [6.45, 7) is 12.9. The van der Waals surface area contributed by atoms with E-state index in [1.165, 1.54) is 36.5 Å². The quantitative estimate of drug-likeness (QED) is 0.306. The monoisotopic (exact) mass is 558 g/mol. The lowest BCUT2D eigenvalue weighted by atomic mass is 9.98. The van der Waals surface area contributed by atoms with Crippen molar-refractivity contribution >= 4 is 25.6 Å². The van der Waals surface area contributed by atoms with E-state index in [1.807, 2.05) is 74.5 Å². The molecule has 2 fully saturated rings. The first-order valence-corrected chi connectivity index (χ1v) is 16.1. The maximum atomic E-state index is 12.0. The van der Waals surface area contributed by atoms with Gasteiger partial charge in [-0.2, -0.15) is 0 Å². The summed E-state index contributed by atoms with van der Waals surface area (Å²) in [5.41, 5.74) is 6.81. The van der Waals surface area contributed by atoms with E-state index in [9.17, 15) is 14.4 Å². The predicted octanol–water partition coefficient (Wildman–Crippen LogP) is 3.64. The number of hydrogen-bond acceptors (Lipinski definition) is 4. The lowest BCUT2D eigenvalue weighted by Gasteiger charge is -2.28. The maximum absolute atomic E-state index is 12.0. The van der Waals surface area contributed by atoms with Crippen molar-refractivity contribution < 1.29 is 24.4 Å². The van der Waals surface area contributed by atoms with Gasteiger partial charge in [0.15, 0.2) is 0 Å². The Bertz CT molecular complexity index is 945. The molecule has 1 unspecified atom stereocenters. The van der Waals surface area contributed by atoms with E-state index in [-0.39, 0.29) is 11.8 Å². The van der Waals surface area contributed by atoms with Gasteiger partial charge in [-0.1, -0.05) is 89.4 Å². The molecule has 2 aliphatic heterocycles. The molecule has 0 aromatic heterocycles. The molecule has 7 nitrogen and oxygen atoms in total. The third-order valence-electron chi connectivity index (χ3n) is 6.93. The average Bonchev–Trinajstić information content (AvgIpc) is 3.00. The Morgan fingerprint density at radius 2 is 1.49 bits per heavy atom. The zero-order valence-electron chi connectivity index (χ0n) is 24.2. The summed E-state index contributed by atoms with van der Waals surface area (Å²) in [6, 6.07) is 18.9. The molecule has 216 valence electrons. The third-order valence-corrected chi connectivity index (χ3v) is 9.53. The Hall–Kier alpha value is -2.60. The minimum absolute atomic E-state index is 0.131. The summed E-state index contributed by atoms with van der Waals surface area (Å²) in [6.07, 6.45) is 5.88. The van der Waals surface area contributed by atoms with Gasteiger partial charge in [0.25, 0.3) is 0 Å². The molecule has 1 amide bonds. The summed E-state index contributed by atoms with van der Waals surface area (Å²) >= 11 is 0. The SMILES string of the molecule is CC.CC(C(=O)O)c1ccccc1.CCP1CC[NH+](CC(=O)c2ccccc2)CC1.NC(=O)C1CCNCC1. The van der Waals surface area contributed by atoms with Gasteiger partial charge in [0.1, 0.15) is 6.54 Å². The van der Waals surface area contributed by atoms with Crippen molar-refractivity contribution in [2.45, 2.75) is 46.5 Å². The van der Waals surface area contributed by atoms with Crippen LogP contribution in [-0.2, 0) is 9.59 Å². The largest absolute Gasteiger partial charge is 0.481 e. The molecule has 2 saturated heterocycles. The van der Waals surface area contributed by atoms with Crippen molar-refractivity contribution in [2.24, 2.45) is 11.7 Å². The van der Waals surface area contributed by atoms with Crippen molar-refractivity contribution in [1.82, 2.24) is 5.32 Å². The molecular weight excluding hydrogens is 509 g/mol. The number of primary amides is 1. The number of carbonyl (C=O) groups is 3. The van der Waals surface area contributed by atoms with Gasteiger partial charge < -0.3 is 21.1 Å². The van der Waals surface area contributed by atoms with E-state index in [0.717, 1.165) is 37.1 Å². The summed E-state index contributed by atoms with van der Waals surface area (Å²) < 4.78 is 0. The highest BCUT2D eigenvalue weighted by Gasteiger charge is 2.22. The standard InChI is InChI=1S/C14H20NOP.C9H10O2.C6H12N2O.C2H6/c1-2-17-10-8-15(9-11-17)12-14(16)13-6-4-3-5-7-13;1-7(9(10)11)8-5-3-2-4-6-8;7-6(9)5-1-3-8-4-2-5;1-2/h3-7H,2,8-12H2,1H3;2-7H,1H3,(H,10,11);5,8H,1-4H2,(H2,7,9);1-2H3/p+1. The van der Waals surface area contributed by atoms with Crippen molar-refractivity contribution in [3.8, 4) is 0 Å². The Labute approximate surface area is 236 Å². The van der Waals surface area contributed by atoms with Crippen LogP contribution < -0.4 is 16.0 Å². The highest BCUT2D eigenvalue weighted by Crippen LogP contribution is 2.33. The van der Waals surface area contributed by atoms with Crippen LogP contribution in [-0.4, -0.2) is 74.0 Å². The van der Waals surface area contributed by atoms with E-state index in [0.29, 0.717) is 20.2 Å². The molecule has 0 bridgehead atoms. The number of nitrogens with two attached hydrogens (primary N) is 1. The molecule has 1 atom stereocenters. The Balaban J connectivity index is 0.000000300. The lowest BCUT2D eigenvalue weighted by Crippen LogP contribution is -3.14. The molecule has 0 spiro atoms. The van der Waals surface area contributed by atoms with Gasteiger partial charge in [-0.05, 0) is 44.6 Å². The number of carbonyl (C=O) groups excluding carboxylic acids is 2. The van der Waals surface area contributed by atoms with Crippen LogP contribution in [0.3, 0.4) is 0 Å². The second-order valence-electron chi connectivity index (χ2n) is 9.55. The van der Waals surface area contributed by atoms with Gasteiger partial charge in [-0.25, -0.2) is 0 Å². The number of benzene rings is 2. The third kappa shape index (κ3) is 13.8. The molecule has 4 rings (SSSR count). The van der Waals surface area contributed by atoms with Crippen molar-refractivity contribution in [2.75, 3.05) is 51.2 Å². The fourth-order valence-corrected chi connectivity index (χ4v) is 6.43. The van der Waals surface area contributed by atoms with Crippen LogP contribution in [0.25, 0.3) is 0 Å².